The van der Waals surface area contributed by atoms with Gasteiger partial charge < -0.3 is 15.5 Å². The first-order valence-electron chi connectivity index (χ1n) is 8.82. The summed E-state index contributed by atoms with van der Waals surface area (Å²) in [5.74, 6) is 1.29. The molecule has 2 atom stereocenters. The van der Waals surface area contributed by atoms with Gasteiger partial charge in [0.05, 0.1) is 0 Å². The van der Waals surface area contributed by atoms with E-state index in [9.17, 15) is 9.59 Å². The average Bonchev–Trinajstić information content (AvgIpc) is 2.50. The SMILES string of the molecule is CC(=O)Nc1cccc(C(=O)NCCCN2CC(C)CC(C)C2)c1. The summed E-state index contributed by atoms with van der Waals surface area (Å²) < 4.78 is 0. The highest BCUT2D eigenvalue weighted by Gasteiger charge is 2.21. The molecule has 2 N–H and O–H groups in total. The molecular weight excluding hydrogens is 302 g/mol. The molecule has 0 bridgehead atoms. The molecule has 0 saturated carbocycles. The Labute approximate surface area is 144 Å². The smallest absolute Gasteiger partial charge is 0.251 e. The fourth-order valence-corrected chi connectivity index (χ4v) is 3.52. The first kappa shape index (κ1) is 18.5. The summed E-state index contributed by atoms with van der Waals surface area (Å²) in [5, 5.41) is 5.66. The van der Waals surface area contributed by atoms with E-state index in [0.717, 1.165) is 37.9 Å². The van der Waals surface area contributed by atoms with E-state index in [0.29, 0.717) is 17.8 Å². The fourth-order valence-electron chi connectivity index (χ4n) is 3.52. The van der Waals surface area contributed by atoms with Crippen LogP contribution in [0.1, 0.15) is 44.0 Å². The summed E-state index contributed by atoms with van der Waals surface area (Å²) >= 11 is 0. The predicted octanol–water partition coefficient (Wildman–Crippen LogP) is 2.74. The molecule has 0 spiro atoms. The Kier molecular flexibility index (Phi) is 6.79. The molecule has 1 aliphatic heterocycles. The van der Waals surface area contributed by atoms with E-state index in [1.165, 1.54) is 13.3 Å². The zero-order valence-electron chi connectivity index (χ0n) is 15.0. The molecular formula is C19H29N3O2. The van der Waals surface area contributed by atoms with Gasteiger partial charge in [-0.1, -0.05) is 19.9 Å². The van der Waals surface area contributed by atoms with Gasteiger partial charge in [-0.25, -0.2) is 0 Å². The lowest BCUT2D eigenvalue weighted by Gasteiger charge is -2.34. The van der Waals surface area contributed by atoms with Gasteiger partial charge in [0.25, 0.3) is 5.91 Å². The molecule has 132 valence electrons. The Morgan fingerprint density at radius 3 is 2.58 bits per heavy atom. The summed E-state index contributed by atoms with van der Waals surface area (Å²) in [6, 6.07) is 7.01. The molecule has 1 saturated heterocycles. The third-order valence-corrected chi connectivity index (χ3v) is 4.33. The second-order valence-corrected chi connectivity index (χ2v) is 7.08. The highest BCUT2D eigenvalue weighted by atomic mass is 16.2. The number of piperidine rings is 1. The number of rotatable bonds is 6. The van der Waals surface area contributed by atoms with Gasteiger partial charge in [-0.2, -0.15) is 0 Å². The molecule has 1 heterocycles. The van der Waals surface area contributed by atoms with Crippen LogP contribution in [0.5, 0.6) is 0 Å². The molecule has 5 heteroatoms. The number of carbonyl (C=O) groups is 2. The highest BCUT2D eigenvalue weighted by molar-refractivity contribution is 5.96. The molecule has 24 heavy (non-hydrogen) atoms. The third-order valence-electron chi connectivity index (χ3n) is 4.33. The number of nitrogens with zero attached hydrogens (tertiary/aromatic N) is 1. The van der Waals surface area contributed by atoms with Gasteiger partial charge in [-0.15, -0.1) is 0 Å². The van der Waals surface area contributed by atoms with E-state index in [-0.39, 0.29) is 11.8 Å². The molecule has 0 radical (unpaired) electrons. The maximum Gasteiger partial charge on any atom is 0.251 e. The Morgan fingerprint density at radius 2 is 1.92 bits per heavy atom. The van der Waals surface area contributed by atoms with Crippen LogP contribution in [-0.4, -0.2) is 42.9 Å². The van der Waals surface area contributed by atoms with E-state index in [1.807, 2.05) is 0 Å². The highest BCUT2D eigenvalue weighted by Crippen LogP contribution is 2.20. The lowest BCUT2D eigenvalue weighted by atomic mass is 9.92. The van der Waals surface area contributed by atoms with Crippen molar-refractivity contribution in [2.45, 2.75) is 33.6 Å². The number of benzene rings is 1. The van der Waals surface area contributed by atoms with E-state index in [1.54, 1.807) is 24.3 Å². The Morgan fingerprint density at radius 1 is 1.21 bits per heavy atom. The fraction of sp³-hybridized carbons (Fsp3) is 0.579. The van der Waals surface area contributed by atoms with Crippen molar-refractivity contribution >= 4 is 17.5 Å². The third kappa shape index (κ3) is 5.96. The molecule has 0 aromatic heterocycles. The predicted molar refractivity (Wildman–Crippen MR) is 97.1 cm³/mol. The molecule has 5 nitrogen and oxygen atoms in total. The number of hydrogen-bond donors (Lipinski definition) is 2. The van der Waals surface area contributed by atoms with Gasteiger partial charge in [-0.05, 0) is 49.4 Å². The van der Waals surface area contributed by atoms with Crippen LogP contribution < -0.4 is 10.6 Å². The minimum absolute atomic E-state index is 0.0948. The van der Waals surface area contributed by atoms with Crippen LogP contribution in [0.4, 0.5) is 5.69 Å². The van der Waals surface area contributed by atoms with Crippen LogP contribution in [0, 0.1) is 11.8 Å². The summed E-state index contributed by atoms with van der Waals surface area (Å²) in [5.41, 5.74) is 1.22. The second-order valence-electron chi connectivity index (χ2n) is 7.08. The first-order valence-corrected chi connectivity index (χ1v) is 8.82. The van der Waals surface area contributed by atoms with E-state index >= 15 is 0 Å². The number of hydrogen-bond acceptors (Lipinski definition) is 3. The molecule has 2 rings (SSSR count). The van der Waals surface area contributed by atoms with Crippen LogP contribution in [0.25, 0.3) is 0 Å². The number of anilines is 1. The molecule has 1 aromatic carbocycles. The van der Waals surface area contributed by atoms with Crippen LogP contribution >= 0.6 is 0 Å². The number of nitrogens with one attached hydrogen (secondary N) is 2. The van der Waals surface area contributed by atoms with Crippen molar-refractivity contribution < 1.29 is 9.59 Å². The van der Waals surface area contributed by atoms with Gasteiger partial charge in [0.15, 0.2) is 0 Å². The largest absolute Gasteiger partial charge is 0.352 e. The van der Waals surface area contributed by atoms with Crippen LogP contribution in [0.15, 0.2) is 24.3 Å². The summed E-state index contributed by atoms with van der Waals surface area (Å²) in [4.78, 5) is 25.8. The topological polar surface area (TPSA) is 61.4 Å². The maximum absolute atomic E-state index is 12.2. The quantitative estimate of drug-likeness (QED) is 0.788. The van der Waals surface area contributed by atoms with Crippen LogP contribution in [-0.2, 0) is 4.79 Å². The Hall–Kier alpha value is -1.88. The average molecular weight is 331 g/mol. The summed E-state index contributed by atoms with van der Waals surface area (Å²) in [6.07, 6.45) is 2.27. The van der Waals surface area contributed by atoms with Crippen LogP contribution in [0.3, 0.4) is 0 Å². The number of carbonyl (C=O) groups excluding carboxylic acids is 2. The monoisotopic (exact) mass is 331 g/mol. The molecule has 2 amide bonds. The zero-order chi connectivity index (χ0) is 17.5. The van der Waals surface area contributed by atoms with E-state index < -0.39 is 0 Å². The first-order chi connectivity index (χ1) is 11.4. The summed E-state index contributed by atoms with van der Waals surface area (Å²) in [7, 11) is 0. The maximum atomic E-state index is 12.2. The number of likely N-dealkylation sites (tertiary alicyclic amines) is 1. The van der Waals surface area contributed by atoms with E-state index in [4.69, 9.17) is 0 Å². The Balaban J connectivity index is 1.74. The van der Waals surface area contributed by atoms with Crippen molar-refractivity contribution in [1.29, 1.82) is 0 Å². The second kappa shape index (κ2) is 8.83. The lowest BCUT2D eigenvalue weighted by Crippen LogP contribution is -2.40. The standard InChI is InChI=1S/C19H29N3O2/c1-14-10-15(2)13-22(12-14)9-5-8-20-19(24)17-6-4-7-18(11-17)21-16(3)23/h4,6-7,11,14-15H,5,8-10,12-13H2,1-3H3,(H,20,24)(H,21,23). The summed E-state index contributed by atoms with van der Waals surface area (Å²) in [6.45, 7) is 10.1. The van der Waals surface area contributed by atoms with Crippen molar-refractivity contribution in [2.75, 3.05) is 31.5 Å². The minimum atomic E-state index is -0.141. The minimum Gasteiger partial charge on any atom is -0.352 e. The lowest BCUT2D eigenvalue weighted by molar-refractivity contribution is -0.114. The van der Waals surface area contributed by atoms with Crippen molar-refractivity contribution in [1.82, 2.24) is 10.2 Å². The van der Waals surface area contributed by atoms with Crippen molar-refractivity contribution in [3.63, 3.8) is 0 Å². The van der Waals surface area contributed by atoms with Crippen molar-refractivity contribution in [2.24, 2.45) is 11.8 Å². The zero-order valence-corrected chi connectivity index (χ0v) is 15.0. The van der Waals surface area contributed by atoms with Crippen molar-refractivity contribution in [3.05, 3.63) is 29.8 Å². The van der Waals surface area contributed by atoms with Gasteiger partial charge in [-0.3, -0.25) is 9.59 Å². The van der Waals surface area contributed by atoms with E-state index in [2.05, 4.69) is 29.4 Å². The Bertz CT molecular complexity index is 563. The van der Waals surface area contributed by atoms with Gasteiger partial charge in [0, 0.05) is 37.8 Å². The van der Waals surface area contributed by atoms with Gasteiger partial charge in [0.1, 0.15) is 0 Å². The normalized spacial score (nSPS) is 21.3. The van der Waals surface area contributed by atoms with Crippen LogP contribution in [0.2, 0.25) is 0 Å². The van der Waals surface area contributed by atoms with Gasteiger partial charge in [0.2, 0.25) is 5.91 Å². The molecule has 1 fully saturated rings. The molecule has 2 unspecified atom stereocenters. The molecule has 1 aliphatic rings. The molecule has 1 aromatic rings. The van der Waals surface area contributed by atoms with Gasteiger partial charge >= 0.3 is 0 Å². The number of amides is 2. The molecule has 0 aliphatic carbocycles. The van der Waals surface area contributed by atoms with Crippen molar-refractivity contribution in [3.8, 4) is 0 Å².